The highest BCUT2D eigenvalue weighted by Crippen LogP contribution is 2.64. The van der Waals surface area contributed by atoms with E-state index in [1.165, 1.54) is 5.56 Å². The average Bonchev–Trinajstić information content (AvgIpc) is 2.81. The van der Waals surface area contributed by atoms with Gasteiger partial charge in [0.25, 0.3) is 0 Å². The highest BCUT2D eigenvalue weighted by Gasteiger charge is 2.61. The summed E-state index contributed by atoms with van der Waals surface area (Å²) < 4.78 is 0. The van der Waals surface area contributed by atoms with Gasteiger partial charge in [-0.3, -0.25) is 0 Å². The van der Waals surface area contributed by atoms with E-state index >= 15 is 0 Å². The Bertz CT molecular complexity index is 704. The van der Waals surface area contributed by atoms with Crippen LogP contribution in [-0.2, 0) is 6.42 Å². The van der Waals surface area contributed by atoms with Crippen molar-refractivity contribution in [3.8, 4) is 23.8 Å². The van der Waals surface area contributed by atoms with Crippen LogP contribution in [0.2, 0.25) is 0 Å². The fraction of sp³-hybridized carbons (Fsp3) is 0.600. The largest absolute Gasteiger partial charge is 0.504 e. The molecule has 3 heteroatoms. The summed E-state index contributed by atoms with van der Waals surface area (Å²) in [5.74, 6) is 4.00. The molecule has 3 N–H and O–H groups in total. The molecule has 2 fully saturated rings. The van der Waals surface area contributed by atoms with Crippen molar-refractivity contribution in [3.63, 3.8) is 0 Å². The summed E-state index contributed by atoms with van der Waals surface area (Å²) in [5.41, 5.74) is 1.18. The molecule has 0 unspecified atom stereocenters. The lowest BCUT2D eigenvalue weighted by molar-refractivity contribution is -0.0647. The van der Waals surface area contributed by atoms with Gasteiger partial charge >= 0.3 is 0 Å². The van der Waals surface area contributed by atoms with E-state index in [1.54, 1.807) is 12.1 Å². The number of aromatic hydroxyl groups is 2. The Labute approximate surface area is 137 Å². The van der Waals surface area contributed by atoms with Gasteiger partial charge in [0.15, 0.2) is 11.5 Å². The molecule has 2 saturated carbocycles. The number of aliphatic hydroxyl groups is 1. The minimum atomic E-state index is -0.972. The molecule has 1 aromatic carbocycles. The van der Waals surface area contributed by atoms with Crippen molar-refractivity contribution in [1.82, 2.24) is 0 Å². The molecule has 3 nitrogen and oxygen atoms in total. The lowest BCUT2D eigenvalue weighted by Gasteiger charge is -2.52. The van der Waals surface area contributed by atoms with Gasteiger partial charge < -0.3 is 15.3 Å². The van der Waals surface area contributed by atoms with Crippen LogP contribution in [0, 0.1) is 29.6 Å². The first-order valence-electron chi connectivity index (χ1n) is 8.64. The Balaban J connectivity index is 1.74. The van der Waals surface area contributed by atoms with Crippen molar-refractivity contribution < 1.29 is 15.3 Å². The monoisotopic (exact) mass is 312 g/mol. The summed E-state index contributed by atoms with van der Waals surface area (Å²) in [4.78, 5) is 0. The molecule has 0 bridgehead atoms. The zero-order valence-electron chi connectivity index (χ0n) is 13.5. The van der Waals surface area contributed by atoms with E-state index in [1.807, 2.05) is 0 Å². The Morgan fingerprint density at radius 2 is 1.87 bits per heavy atom. The maximum atomic E-state index is 10.9. The van der Waals surface area contributed by atoms with Gasteiger partial charge in [-0.05, 0) is 79.5 Å². The number of hydrogen-bond donors (Lipinski definition) is 3. The number of benzene rings is 1. The molecular weight excluding hydrogens is 288 g/mol. The number of rotatable bonds is 0. The Hall–Kier alpha value is -1.66. The van der Waals surface area contributed by atoms with E-state index in [0.717, 1.165) is 37.7 Å². The average molecular weight is 312 g/mol. The van der Waals surface area contributed by atoms with Crippen molar-refractivity contribution in [3.05, 3.63) is 23.3 Å². The van der Waals surface area contributed by atoms with Crippen LogP contribution in [0.1, 0.15) is 56.1 Å². The van der Waals surface area contributed by atoms with E-state index in [9.17, 15) is 15.3 Å². The third-order valence-corrected chi connectivity index (χ3v) is 7.21. The van der Waals surface area contributed by atoms with Gasteiger partial charge in [0.1, 0.15) is 5.60 Å². The second kappa shape index (κ2) is 4.68. The van der Waals surface area contributed by atoms with E-state index in [-0.39, 0.29) is 16.9 Å². The zero-order valence-corrected chi connectivity index (χ0v) is 13.5. The molecule has 3 aliphatic rings. The van der Waals surface area contributed by atoms with Crippen molar-refractivity contribution in [2.75, 3.05) is 0 Å². The first kappa shape index (κ1) is 14.9. The number of hydrogen-bond acceptors (Lipinski definition) is 3. The normalized spacial score (nSPS) is 41.5. The number of terminal acetylenes is 1. The van der Waals surface area contributed by atoms with Gasteiger partial charge in [-0.15, -0.1) is 6.42 Å². The summed E-state index contributed by atoms with van der Waals surface area (Å²) >= 11 is 0. The molecule has 0 saturated heterocycles. The number of phenols is 2. The van der Waals surface area contributed by atoms with Crippen molar-refractivity contribution in [1.29, 1.82) is 0 Å². The van der Waals surface area contributed by atoms with E-state index in [2.05, 4.69) is 12.8 Å². The molecule has 0 aliphatic heterocycles. The second-order valence-electron chi connectivity index (χ2n) is 7.95. The van der Waals surface area contributed by atoms with Gasteiger partial charge in [-0.1, -0.05) is 12.8 Å². The fourth-order valence-corrected chi connectivity index (χ4v) is 5.85. The molecule has 1 aromatic rings. The highest BCUT2D eigenvalue weighted by atomic mass is 16.3. The summed E-state index contributed by atoms with van der Waals surface area (Å²) in [7, 11) is 0. The van der Waals surface area contributed by atoms with Crippen molar-refractivity contribution in [2.24, 2.45) is 17.3 Å². The predicted molar refractivity (Wildman–Crippen MR) is 88.2 cm³/mol. The third-order valence-electron chi connectivity index (χ3n) is 7.21. The van der Waals surface area contributed by atoms with Crippen LogP contribution < -0.4 is 0 Å². The molecule has 0 aromatic heterocycles. The summed E-state index contributed by atoms with van der Waals surface area (Å²) in [5, 5.41) is 30.6. The molecule has 5 atom stereocenters. The fourth-order valence-electron chi connectivity index (χ4n) is 5.85. The predicted octanol–water partition coefficient (Wildman–Crippen LogP) is 3.32. The van der Waals surface area contributed by atoms with Crippen LogP contribution in [0.15, 0.2) is 12.1 Å². The first-order valence-corrected chi connectivity index (χ1v) is 8.64. The maximum Gasteiger partial charge on any atom is 0.157 e. The lowest BCUT2D eigenvalue weighted by Crippen LogP contribution is -2.50. The molecule has 0 radical (unpaired) electrons. The minimum Gasteiger partial charge on any atom is -0.504 e. The van der Waals surface area contributed by atoms with Crippen LogP contribution >= 0.6 is 0 Å². The van der Waals surface area contributed by atoms with E-state index < -0.39 is 5.60 Å². The Morgan fingerprint density at radius 1 is 1.13 bits per heavy atom. The molecular formula is C20H24O3. The van der Waals surface area contributed by atoms with Gasteiger partial charge in [-0.25, -0.2) is 0 Å². The van der Waals surface area contributed by atoms with Crippen molar-refractivity contribution in [2.45, 2.75) is 57.0 Å². The number of fused-ring (bicyclic) bond motifs is 5. The van der Waals surface area contributed by atoms with Crippen LogP contribution in [0.4, 0.5) is 0 Å². The smallest absolute Gasteiger partial charge is 0.157 e. The molecule has 122 valence electrons. The molecule has 3 aliphatic carbocycles. The standard InChI is InChI=1S/C20H24O3/c1-3-20(23)9-7-16-14-5-4-12-10-17(21)18(22)11-15(12)13(14)6-8-19(16,20)2/h1,10-11,13-14,16,21-23H,4-9H2,2H3/t13-,14-,16-,19-,20+/m1/s1. The highest BCUT2D eigenvalue weighted by molar-refractivity contribution is 5.48. The Morgan fingerprint density at radius 3 is 2.61 bits per heavy atom. The van der Waals surface area contributed by atoms with Gasteiger partial charge in [0.2, 0.25) is 0 Å². The Kier molecular flexibility index (Phi) is 3.03. The topological polar surface area (TPSA) is 60.7 Å². The SMILES string of the molecule is C#C[C@]1(O)CC[C@@H]2[C@@H]3CCc4cc(O)c(O)cc4[C@@H]3CC[C@]21C. The minimum absolute atomic E-state index is 0.0228. The van der Waals surface area contributed by atoms with Gasteiger partial charge in [0.05, 0.1) is 0 Å². The van der Waals surface area contributed by atoms with Gasteiger partial charge in [-0.2, -0.15) is 0 Å². The molecule has 23 heavy (non-hydrogen) atoms. The zero-order chi connectivity index (χ0) is 16.4. The third kappa shape index (κ3) is 1.82. The van der Waals surface area contributed by atoms with Crippen LogP contribution in [0.5, 0.6) is 11.5 Å². The van der Waals surface area contributed by atoms with E-state index in [4.69, 9.17) is 6.42 Å². The molecule has 0 amide bonds. The summed E-state index contributed by atoms with van der Waals surface area (Å²) in [6.45, 7) is 2.17. The quantitative estimate of drug-likeness (QED) is 0.509. The van der Waals surface area contributed by atoms with Crippen LogP contribution in [-0.4, -0.2) is 20.9 Å². The molecule has 0 heterocycles. The summed E-state index contributed by atoms with van der Waals surface area (Å²) in [6.07, 6.45) is 11.3. The summed E-state index contributed by atoms with van der Waals surface area (Å²) in [6, 6.07) is 3.48. The van der Waals surface area contributed by atoms with Crippen LogP contribution in [0.25, 0.3) is 0 Å². The number of aryl methyl sites for hydroxylation is 1. The second-order valence-corrected chi connectivity index (χ2v) is 7.95. The van der Waals surface area contributed by atoms with Gasteiger partial charge in [0, 0.05) is 5.41 Å². The first-order chi connectivity index (χ1) is 10.9. The lowest BCUT2D eigenvalue weighted by atomic mass is 9.53. The number of phenolic OH excluding ortho intramolecular Hbond substituents is 2. The van der Waals surface area contributed by atoms with Crippen LogP contribution in [0.3, 0.4) is 0 Å². The van der Waals surface area contributed by atoms with Crippen molar-refractivity contribution >= 4 is 0 Å². The maximum absolute atomic E-state index is 10.9. The molecule has 0 spiro atoms. The van der Waals surface area contributed by atoms with E-state index in [0.29, 0.717) is 24.2 Å². The molecule has 4 rings (SSSR count).